The highest BCUT2D eigenvalue weighted by molar-refractivity contribution is 6.32. The van der Waals surface area contributed by atoms with Crippen molar-refractivity contribution >= 4 is 23.3 Å². The molecule has 0 atom stereocenters. The lowest BCUT2D eigenvalue weighted by Gasteiger charge is -2.14. The number of hydrogen-bond acceptors (Lipinski definition) is 2. The third-order valence-corrected chi connectivity index (χ3v) is 3.27. The van der Waals surface area contributed by atoms with Crippen LogP contribution in [0.5, 0.6) is 11.5 Å². The van der Waals surface area contributed by atoms with E-state index in [-0.39, 0.29) is 22.6 Å². The predicted molar refractivity (Wildman–Crippen MR) is 85.7 cm³/mol. The Balaban J connectivity index is 2.18. The van der Waals surface area contributed by atoms with Crippen molar-refractivity contribution in [1.82, 2.24) is 4.90 Å². The van der Waals surface area contributed by atoms with Gasteiger partial charge in [0.1, 0.15) is 11.5 Å². The number of carbonyl (C=O) groups is 1. The predicted octanol–water partition coefficient (Wildman–Crippen LogP) is 5.24. The maximum Gasteiger partial charge on any atom is 0.416 e. The fourth-order valence-corrected chi connectivity index (χ4v) is 1.98. The summed E-state index contributed by atoms with van der Waals surface area (Å²) in [4.78, 5) is 12.9. The first kappa shape index (κ1) is 17.9. The Hall–Kier alpha value is -2.41. The Morgan fingerprint density at radius 1 is 1.17 bits per heavy atom. The van der Waals surface area contributed by atoms with Gasteiger partial charge in [0.15, 0.2) is 0 Å². The van der Waals surface area contributed by atoms with E-state index in [1.54, 1.807) is 14.1 Å². The van der Waals surface area contributed by atoms with Crippen molar-refractivity contribution in [1.29, 1.82) is 0 Å². The molecule has 0 aliphatic carbocycles. The molecule has 0 saturated carbocycles. The minimum absolute atomic E-state index is 0.0109. The molecule has 0 aromatic heterocycles. The average Bonchev–Trinajstić information content (AvgIpc) is 2.49. The molecule has 0 radical (unpaired) electrons. The molecule has 2 rings (SSSR count). The Morgan fingerprint density at radius 3 is 2.46 bits per heavy atom. The van der Waals surface area contributed by atoms with Gasteiger partial charge in [-0.2, -0.15) is 13.2 Å². The van der Waals surface area contributed by atoms with Gasteiger partial charge in [0.25, 0.3) is 0 Å². The molecular weight excluding hydrogens is 345 g/mol. The summed E-state index contributed by atoms with van der Waals surface area (Å²) in [6, 6.07) is 8.60. The SMILES string of the molecule is CN(C)C(=O)Nc1ccc(Oc2cccc(C(F)(F)F)c2)c(Cl)c1. The van der Waals surface area contributed by atoms with Crippen molar-refractivity contribution in [2.75, 3.05) is 19.4 Å². The number of nitrogens with zero attached hydrogens (tertiary/aromatic N) is 1. The lowest BCUT2D eigenvalue weighted by molar-refractivity contribution is -0.137. The molecule has 0 spiro atoms. The van der Waals surface area contributed by atoms with Gasteiger partial charge < -0.3 is 15.0 Å². The Morgan fingerprint density at radius 2 is 1.88 bits per heavy atom. The number of amides is 2. The molecule has 2 aromatic carbocycles. The molecular formula is C16H14ClF3N2O2. The second-order valence-corrected chi connectivity index (χ2v) is 5.50. The fraction of sp³-hybridized carbons (Fsp3) is 0.188. The highest BCUT2D eigenvalue weighted by Crippen LogP contribution is 2.35. The molecule has 0 aliphatic rings. The van der Waals surface area contributed by atoms with Crippen molar-refractivity contribution in [2.24, 2.45) is 0 Å². The third kappa shape index (κ3) is 4.55. The van der Waals surface area contributed by atoms with E-state index < -0.39 is 11.7 Å². The summed E-state index contributed by atoms with van der Waals surface area (Å²) in [5, 5.41) is 2.76. The van der Waals surface area contributed by atoms with Gasteiger partial charge >= 0.3 is 12.2 Å². The van der Waals surface area contributed by atoms with Crippen LogP contribution in [-0.4, -0.2) is 25.0 Å². The molecule has 2 aromatic rings. The van der Waals surface area contributed by atoms with Gasteiger partial charge in [-0.3, -0.25) is 0 Å². The molecule has 0 saturated heterocycles. The van der Waals surface area contributed by atoms with Crippen molar-refractivity contribution in [3.05, 3.63) is 53.1 Å². The standard InChI is InChI=1S/C16H14ClF3N2O2/c1-22(2)15(23)21-11-6-7-14(13(17)9-11)24-12-5-3-4-10(8-12)16(18,19)20/h3-9H,1-2H3,(H,21,23). The summed E-state index contributed by atoms with van der Waals surface area (Å²) >= 11 is 6.06. The number of urea groups is 1. The second-order valence-electron chi connectivity index (χ2n) is 5.10. The lowest BCUT2D eigenvalue weighted by atomic mass is 10.2. The molecule has 128 valence electrons. The number of nitrogens with one attached hydrogen (secondary N) is 1. The largest absolute Gasteiger partial charge is 0.456 e. The number of carbonyl (C=O) groups excluding carboxylic acids is 1. The first-order valence-electron chi connectivity index (χ1n) is 6.80. The van der Waals surface area contributed by atoms with Crippen LogP contribution in [0.1, 0.15) is 5.56 Å². The smallest absolute Gasteiger partial charge is 0.416 e. The molecule has 2 amide bonds. The molecule has 0 bridgehead atoms. The number of anilines is 1. The summed E-state index contributed by atoms with van der Waals surface area (Å²) < 4.78 is 43.5. The number of halogens is 4. The Kier molecular flexibility index (Phi) is 5.23. The highest BCUT2D eigenvalue weighted by Gasteiger charge is 2.30. The molecule has 8 heteroatoms. The average molecular weight is 359 g/mol. The topological polar surface area (TPSA) is 41.6 Å². The van der Waals surface area contributed by atoms with Gasteiger partial charge in [-0.25, -0.2) is 4.79 Å². The van der Waals surface area contributed by atoms with Gasteiger partial charge in [0.05, 0.1) is 10.6 Å². The van der Waals surface area contributed by atoms with Crippen LogP contribution in [0.3, 0.4) is 0 Å². The monoisotopic (exact) mass is 358 g/mol. The zero-order valence-electron chi connectivity index (χ0n) is 12.8. The first-order valence-corrected chi connectivity index (χ1v) is 7.17. The van der Waals surface area contributed by atoms with E-state index in [0.29, 0.717) is 5.69 Å². The minimum Gasteiger partial charge on any atom is -0.456 e. The van der Waals surface area contributed by atoms with Crippen LogP contribution in [0.25, 0.3) is 0 Å². The van der Waals surface area contributed by atoms with Crippen molar-refractivity contribution in [3.63, 3.8) is 0 Å². The van der Waals surface area contributed by atoms with Crippen LogP contribution in [-0.2, 0) is 6.18 Å². The summed E-state index contributed by atoms with van der Waals surface area (Å²) in [7, 11) is 3.17. The molecule has 0 unspecified atom stereocenters. The number of ether oxygens (including phenoxy) is 1. The summed E-state index contributed by atoms with van der Waals surface area (Å²) in [6.45, 7) is 0. The normalized spacial score (nSPS) is 11.1. The van der Waals surface area contributed by atoms with Gasteiger partial charge in [-0.1, -0.05) is 17.7 Å². The maximum absolute atomic E-state index is 12.7. The van der Waals surface area contributed by atoms with Gasteiger partial charge in [-0.05, 0) is 36.4 Å². The molecule has 0 heterocycles. The zero-order valence-corrected chi connectivity index (χ0v) is 13.6. The number of hydrogen-bond donors (Lipinski definition) is 1. The zero-order chi connectivity index (χ0) is 17.9. The quantitative estimate of drug-likeness (QED) is 0.814. The van der Waals surface area contributed by atoms with Crippen LogP contribution in [0.15, 0.2) is 42.5 Å². The van der Waals surface area contributed by atoms with Crippen molar-refractivity contribution in [3.8, 4) is 11.5 Å². The van der Waals surface area contributed by atoms with E-state index in [1.807, 2.05) is 0 Å². The summed E-state index contributed by atoms with van der Waals surface area (Å²) in [5.74, 6) is 0.190. The number of benzene rings is 2. The number of alkyl halides is 3. The third-order valence-electron chi connectivity index (χ3n) is 2.98. The second kappa shape index (κ2) is 7.00. The van der Waals surface area contributed by atoms with E-state index in [4.69, 9.17) is 16.3 Å². The van der Waals surface area contributed by atoms with Crippen LogP contribution in [0.4, 0.5) is 23.7 Å². The van der Waals surface area contributed by atoms with Crippen LogP contribution in [0.2, 0.25) is 5.02 Å². The van der Waals surface area contributed by atoms with Gasteiger partial charge in [0, 0.05) is 19.8 Å². The molecule has 1 N–H and O–H groups in total. The van der Waals surface area contributed by atoms with E-state index in [2.05, 4.69) is 5.32 Å². The van der Waals surface area contributed by atoms with Crippen molar-refractivity contribution in [2.45, 2.75) is 6.18 Å². The maximum atomic E-state index is 12.7. The molecule has 4 nitrogen and oxygen atoms in total. The highest BCUT2D eigenvalue weighted by atomic mass is 35.5. The number of rotatable bonds is 3. The van der Waals surface area contributed by atoms with E-state index >= 15 is 0 Å². The Labute approximate surface area is 141 Å². The Bertz CT molecular complexity index is 748. The van der Waals surface area contributed by atoms with E-state index in [0.717, 1.165) is 12.1 Å². The molecule has 0 aliphatic heterocycles. The molecule has 24 heavy (non-hydrogen) atoms. The fourth-order valence-electron chi connectivity index (χ4n) is 1.76. The van der Waals surface area contributed by atoms with Gasteiger partial charge in [-0.15, -0.1) is 0 Å². The summed E-state index contributed by atoms with van der Waals surface area (Å²) in [5.41, 5.74) is -0.374. The van der Waals surface area contributed by atoms with E-state index in [9.17, 15) is 18.0 Å². The first-order chi connectivity index (χ1) is 11.2. The van der Waals surface area contributed by atoms with Crippen LogP contribution >= 0.6 is 11.6 Å². The van der Waals surface area contributed by atoms with Crippen LogP contribution in [0, 0.1) is 0 Å². The van der Waals surface area contributed by atoms with Gasteiger partial charge in [0.2, 0.25) is 0 Å². The van der Waals surface area contributed by atoms with E-state index in [1.165, 1.54) is 35.2 Å². The van der Waals surface area contributed by atoms with Crippen molar-refractivity contribution < 1.29 is 22.7 Å². The van der Waals surface area contributed by atoms with Crippen LogP contribution < -0.4 is 10.1 Å². The minimum atomic E-state index is -4.45. The summed E-state index contributed by atoms with van der Waals surface area (Å²) in [6.07, 6.45) is -4.45. The molecule has 0 fully saturated rings. The lowest BCUT2D eigenvalue weighted by Crippen LogP contribution is -2.27.